The lowest BCUT2D eigenvalue weighted by Crippen LogP contribution is -2.36. The Morgan fingerprint density at radius 1 is 1.17 bits per heavy atom. The number of halogens is 2. The summed E-state index contributed by atoms with van der Waals surface area (Å²) < 4.78 is 28.7. The molecule has 0 aromatic heterocycles. The summed E-state index contributed by atoms with van der Waals surface area (Å²) in [5.41, 5.74) is 2.79. The van der Waals surface area contributed by atoms with E-state index in [0.29, 0.717) is 26.1 Å². The molecule has 3 rings (SSSR count). The maximum Gasteiger partial charge on any atom is 0.387 e. The monoisotopic (exact) mass is 417 g/mol. The Balaban J connectivity index is 1.48. The Labute approximate surface area is 174 Å². The molecule has 1 aliphatic rings. The fraction of sp³-hybridized carbons (Fsp3) is 0.364. The highest BCUT2D eigenvalue weighted by Gasteiger charge is 2.20. The van der Waals surface area contributed by atoms with Crippen molar-refractivity contribution in [2.24, 2.45) is 0 Å². The Morgan fingerprint density at radius 3 is 2.57 bits per heavy atom. The van der Waals surface area contributed by atoms with Gasteiger partial charge in [0.15, 0.2) is 0 Å². The molecule has 0 saturated carbocycles. The van der Waals surface area contributed by atoms with E-state index in [1.807, 2.05) is 29.2 Å². The van der Waals surface area contributed by atoms with Gasteiger partial charge in [-0.15, -0.1) is 0 Å². The van der Waals surface area contributed by atoms with Crippen molar-refractivity contribution in [3.05, 3.63) is 65.2 Å². The first-order valence-electron chi connectivity index (χ1n) is 9.79. The van der Waals surface area contributed by atoms with E-state index in [4.69, 9.17) is 0 Å². The summed E-state index contributed by atoms with van der Waals surface area (Å²) in [5, 5.41) is 2.87. The molecule has 2 aromatic rings. The summed E-state index contributed by atoms with van der Waals surface area (Å²) in [7, 11) is 1.66. The first kappa shape index (κ1) is 21.5. The molecule has 1 aliphatic heterocycles. The third-order valence-corrected chi connectivity index (χ3v) is 4.89. The summed E-state index contributed by atoms with van der Waals surface area (Å²) in [6.45, 7) is -0.783. The van der Waals surface area contributed by atoms with Crippen LogP contribution in [0, 0.1) is 0 Å². The molecular weight excluding hydrogens is 392 g/mol. The van der Waals surface area contributed by atoms with Crippen molar-refractivity contribution < 1.29 is 23.1 Å². The zero-order valence-electron chi connectivity index (χ0n) is 16.8. The van der Waals surface area contributed by atoms with E-state index in [2.05, 4.69) is 10.1 Å². The van der Waals surface area contributed by atoms with Crippen molar-refractivity contribution in [1.82, 2.24) is 15.1 Å². The molecule has 1 saturated heterocycles. The number of carbonyl (C=O) groups is 2. The van der Waals surface area contributed by atoms with Gasteiger partial charge < -0.3 is 19.9 Å². The molecule has 1 heterocycles. The van der Waals surface area contributed by atoms with Crippen LogP contribution in [0.25, 0.3) is 0 Å². The minimum absolute atomic E-state index is 0.0800. The number of ether oxygens (including phenoxy) is 1. The molecule has 2 aromatic carbocycles. The van der Waals surface area contributed by atoms with Crippen LogP contribution in [0.2, 0.25) is 0 Å². The van der Waals surface area contributed by atoms with Crippen LogP contribution in [-0.4, -0.2) is 41.9 Å². The molecule has 0 unspecified atom stereocenters. The van der Waals surface area contributed by atoms with Crippen LogP contribution in [0.4, 0.5) is 13.6 Å². The zero-order valence-corrected chi connectivity index (χ0v) is 16.8. The molecule has 30 heavy (non-hydrogen) atoms. The second kappa shape index (κ2) is 10.0. The Bertz CT molecular complexity index is 874. The summed E-state index contributed by atoms with van der Waals surface area (Å²) in [4.78, 5) is 27.5. The molecule has 3 amide bonds. The van der Waals surface area contributed by atoms with Crippen LogP contribution in [-0.2, 0) is 24.4 Å². The number of rotatable bonds is 8. The van der Waals surface area contributed by atoms with Crippen molar-refractivity contribution in [3.63, 3.8) is 0 Å². The van der Waals surface area contributed by atoms with Gasteiger partial charge in [0.2, 0.25) is 5.91 Å². The highest BCUT2D eigenvalue weighted by atomic mass is 19.3. The molecular formula is C22H25F2N3O3. The molecule has 1 N–H and O–H groups in total. The standard InChI is InChI=1S/C22H25F2N3O3/c1-26(14-16-7-9-19(10-8-16)30-21(23)24)22(29)25-13-17-4-2-5-18(12-17)15-27-11-3-6-20(27)28/h2,4-5,7-10,12,21H,3,6,11,13-15H2,1H3,(H,25,29). The summed E-state index contributed by atoms with van der Waals surface area (Å²) in [6.07, 6.45) is 1.52. The van der Waals surface area contributed by atoms with Crippen molar-refractivity contribution >= 4 is 11.9 Å². The minimum atomic E-state index is -2.86. The van der Waals surface area contributed by atoms with Gasteiger partial charge in [-0.1, -0.05) is 36.4 Å². The van der Waals surface area contributed by atoms with E-state index >= 15 is 0 Å². The highest BCUT2D eigenvalue weighted by molar-refractivity contribution is 5.78. The summed E-state index contributed by atoms with van der Waals surface area (Å²) in [6, 6.07) is 13.8. The lowest BCUT2D eigenvalue weighted by Gasteiger charge is -2.19. The SMILES string of the molecule is CN(Cc1ccc(OC(F)F)cc1)C(=O)NCc1cccc(CN2CCCC2=O)c1. The third kappa shape index (κ3) is 6.17. The second-order valence-corrected chi connectivity index (χ2v) is 7.28. The van der Waals surface area contributed by atoms with E-state index in [-0.39, 0.29) is 17.7 Å². The maximum absolute atomic E-state index is 12.4. The van der Waals surface area contributed by atoms with E-state index in [1.54, 1.807) is 19.2 Å². The van der Waals surface area contributed by atoms with E-state index < -0.39 is 6.61 Å². The molecule has 8 heteroatoms. The fourth-order valence-electron chi connectivity index (χ4n) is 3.36. The average molecular weight is 417 g/mol. The first-order chi connectivity index (χ1) is 14.4. The third-order valence-electron chi connectivity index (χ3n) is 4.89. The lowest BCUT2D eigenvalue weighted by atomic mass is 10.1. The van der Waals surface area contributed by atoms with E-state index in [9.17, 15) is 18.4 Å². The quantitative estimate of drug-likeness (QED) is 0.712. The minimum Gasteiger partial charge on any atom is -0.435 e. The van der Waals surface area contributed by atoms with Gasteiger partial charge in [0, 0.05) is 39.6 Å². The van der Waals surface area contributed by atoms with Crippen LogP contribution in [0.15, 0.2) is 48.5 Å². The van der Waals surface area contributed by atoms with Crippen LogP contribution in [0.3, 0.4) is 0 Å². The van der Waals surface area contributed by atoms with Gasteiger partial charge in [-0.25, -0.2) is 4.79 Å². The normalized spacial score (nSPS) is 13.6. The first-order valence-corrected chi connectivity index (χ1v) is 9.79. The number of nitrogens with zero attached hydrogens (tertiary/aromatic N) is 2. The molecule has 0 atom stereocenters. The average Bonchev–Trinajstić information content (AvgIpc) is 3.12. The number of likely N-dealkylation sites (tertiary alicyclic amines) is 1. The van der Waals surface area contributed by atoms with Gasteiger partial charge >= 0.3 is 12.6 Å². The van der Waals surface area contributed by atoms with Gasteiger partial charge in [-0.2, -0.15) is 8.78 Å². The highest BCUT2D eigenvalue weighted by Crippen LogP contribution is 2.17. The topological polar surface area (TPSA) is 61.9 Å². The van der Waals surface area contributed by atoms with Gasteiger partial charge in [0.1, 0.15) is 5.75 Å². The molecule has 6 nitrogen and oxygen atoms in total. The zero-order chi connectivity index (χ0) is 21.5. The Morgan fingerprint density at radius 2 is 1.90 bits per heavy atom. The maximum atomic E-state index is 12.4. The number of hydrogen-bond acceptors (Lipinski definition) is 3. The number of amides is 3. The second-order valence-electron chi connectivity index (χ2n) is 7.28. The Hall–Kier alpha value is -3.16. The van der Waals surface area contributed by atoms with Crippen LogP contribution >= 0.6 is 0 Å². The van der Waals surface area contributed by atoms with Crippen LogP contribution < -0.4 is 10.1 Å². The van der Waals surface area contributed by atoms with Gasteiger partial charge in [-0.05, 0) is 35.2 Å². The largest absolute Gasteiger partial charge is 0.435 e. The van der Waals surface area contributed by atoms with E-state index in [1.165, 1.54) is 17.0 Å². The smallest absolute Gasteiger partial charge is 0.387 e. The van der Waals surface area contributed by atoms with Crippen LogP contribution in [0.5, 0.6) is 5.75 Å². The lowest BCUT2D eigenvalue weighted by molar-refractivity contribution is -0.128. The number of hydrogen-bond donors (Lipinski definition) is 1. The number of benzene rings is 2. The summed E-state index contributed by atoms with van der Waals surface area (Å²) >= 11 is 0. The predicted octanol–water partition coefficient (Wildman–Crippen LogP) is 3.75. The van der Waals surface area contributed by atoms with Crippen molar-refractivity contribution in [2.45, 2.75) is 39.1 Å². The molecule has 0 aliphatic carbocycles. The van der Waals surface area contributed by atoms with Crippen molar-refractivity contribution in [1.29, 1.82) is 0 Å². The van der Waals surface area contributed by atoms with Crippen molar-refractivity contribution in [3.8, 4) is 5.75 Å². The number of nitrogens with one attached hydrogen (secondary N) is 1. The Kier molecular flexibility index (Phi) is 7.21. The fourth-order valence-corrected chi connectivity index (χ4v) is 3.36. The predicted molar refractivity (Wildman–Crippen MR) is 108 cm³/mol. The number of carbonyl (C=O) groups excluding carboxylic acids is 2. The van der Waals surface area contributed by atoms with Gasteiger partial charge in [0.05, 0.1) is 0 Å². The van der Waals surface area contributed by atoms with Gasteiger partial charge in [0.25, 0.3) is 0 Å². The number of alkyl halides is 2. The van der Waals surface area contributed by atoms with Crippen molar-refractivity contribution in [2.75, 3.05) is 13.6 Å². The van der Waals surface area contributed by atoms with Crippen LogP contribution in [0.1, 0.15) is 29.5 Å². The molecule has 160 valence electrons. The molecule has 0 spiro atoms. The molecule has 0 bridgehead atoms. The number of urea groups is 1. The molecule has 0 radical (unpaired) electrons. The summed E-state index contributed by atoms with van der Waals surface area (Å²) in [5.74, 6) is 0.264. The van der Waals surface area contributed by atoms with Gasteiger partial charge in [-0.3, -0.25) is 4.79 Å². The molecule has 1 fully saturated rings. The van der Waals surface area contributed by atoms with E-state index in [0.717, 1.165) is 29.7 Å².